The molecule has 0 unspecified atom stereocenters. The zero-order valence-electron chi connectivity index (χ0n) is 12.8. The molecule has 0 spiro atoms. The molecule has 0 aliphatic carbocycles. The van der Waals surface area contributed by atoms with Crippen LogP contribution >= 0.6 is 11.6 Å². The third-order valence-electron chi connectivity index (χ3n) is 3.89. The lowest BCUT2D eigenvalue weighted by Crippen LogP contribution is -2.27. The molecule has 3 nitrogen and oxygen atoms in total. The maximum atomic E-state index is 12.9. The predicted molar refractivity (Wildman–Crippen MR) is 95.7 cm³/mol. The van der Waals surface area contributed by atoms with Crippen molar-refractivity contribution in [3.05, 3.63) is 71.2 Å². The van der Waals surface area contributed by atoms with E-state index in [0.717, 1.165) is 16.3 Å². The average Bonchev–Trinajstić information content (AvgIpc) is 2.56. The molecule has 3 aromatic carbocycles. The summed E-state index contributed by atoms with van der Waals surface area (Å²) in [6, 6.07) is 18.0. The Morgan fingerprint density at radius 1 is 0.913 bits per heavy atom. The molecule has 0 aliphatic rings. The highest BCUT2D eigenvalue weighted by Crippen LogP contribution is 2.29. The second kappa shape index (κ2) is 5.87. The number of fused-ring (bicyclic) bond motifs is 1. The summed E-state index contributed by atoms with van der Waals surface area (Å²) in [4.78, 5) is 0.262. The third kappa shape index (κ3) is 2.92. The lowest BCUT2D eigenvalue weighted by molar-refractivity contribution is 0.594. The van der Waals surface area contributed by atoms with E-state index in [9.17, 15) is 8.42 Å². The Hall–Kier alpha value is -2.04. The van der Waals surface area contributed by atoms with Gasteiger partial charge >= 0.3 is 0 Å². The van der Waals surface area contributed by atoms with Gasteiger partial charge in [-0.05, 0) is 47.5 Å². The number of aryl methyl sites for hydroxylation is 1. The van der Waals surface area contributed by atoms with Gasteiger partial charge in [0, 0.05) is 12.1 Å². The Morgan fingerprint density at radius 2 is 1.61 bits per heavy atom. The molecule has 0 aliphatic heterocycles. The molecule has 0 bridgehead atoms. The number of anilines is 1. The van der Waals surface area contributed by atoms with Gasteiger partial charge in [-0.2, -0.15) is 0 Å². The third-order valence-corrected chi connectivity index (χ3v) is 5.89. The number of hydrogen-bond acceptors (Lipinski definition) is 2. The van der Waals surface area contributed by atoms with Crippen molar-refractivity contribution in [2.75, 3.05) is 11.4 Å². The molecule has 0 amide bonds. The van der Waals surface area contributed by atoms with Gasteiger partial charge in [0.1, 0.15) is 0 Å². The minimum absolute atomic E-state index is 0.262. The maximum absolute atomic E-state index is 12.9. The zero-order valence-corrected chi connectivity index (χ0v) is 14.4. The number of rotatable bonds is 3. The molecule has 0 N–H and O–H groups in total. The van der Waals surface area contributed by atoms with Crippen LogP contribution in [0.25, 0.3) is 10.8 Å². The predicted octanol–water partition coefficient (Wildman–Crippen LogP) is 4.63. The number of sulfonamides is 1. The van der Waals surface area contributed by atoms with Crippen molar-refractivity contribution in [1.29, 1.82) is 0 Å². The first kappa shape index (κ1) is 15.8. The number of halogens is 1. The van der Waals surface area contributed by atoms with Crippen LogP contribution in [0.4, 0.5) is 5.69 Å². The molecule has 3 rings (SSSR count). The fourth-order valence-corrected chi connectivity index (χ4v) is 3.99. The molecule has 0 radical (unpaired) electrons. The normalized spacial score (nSPS) is 11.6. The van der Waals surface area contributed by atoms with E-state index in [4.69, 9.17) is 11.6 Å². The van der Waals surface area contributed by atoms with Crippen molar-refractivity contribution in [3.63, 3.8) is 0 Å². The molecule has 5 heteroatoms. The highest BCUT2D eigenvalue weighted by Gasteiger charge is 2.23. The van der Waals surface area contributed by atoms with Gasteiger partial charge in [-0.3, -0.25) is 4.31 Å². The van der Waals surface area contributed by atoms with E-state index in [1.54, 1.807) is 31.3 Å². The van der Waals surface area contributed by atoms with Crippen LogP contribution in [0, 0.1) is 6.92 Å². The van der Waals surface area contributed by atoms with Crippen LogP contribution in [-0.4, -0.2) is 15.5 Å². The van der Waals surface area contributed by atoms with Crippen molar-refractivity contribution in [1.82, 2.24) is 0 Å². The molecule has 23 heavy (non-hydrogen) atoms. The Balaban J connectivity index is 2.10. The Bertz CT molecular complexity index is 983. The van der Waals surface area contributed by atoms with E-state index in [1.165, 1.54) is 4.31 Å². The lowest BCUT2D eigenvalue weighted by Gasteiger charge is -2.22. The standard InChI is InChI=1S/C18H16ClNO2S/c1-13-7-9-16(19)12-18(13)20(2)23(21,22)17-10-8-14-5-3-4-6-15(14)11-17/h3-12H,1-2H3. The van der Waals surface area contributed by atoms with Gasteiger partial charge in [0.2, 0.25) is 0 Å². The van der Waals surface area contributed by atoms with E-state index >= 15 is 0 Å². The summed E-state index contributed by atoms with van der Waals surface area (Å²) in [7, 11) is -2.10. The molecular weight excluding hydrogens is 330 g/mol. The van der Waals surface area contributed by atoms with Crippen LogP contribution in [0.15, 0.2) is 65.6 Å². The van der Waals surface area contributed by atoms with Crippen LogP contribution in [0.1, 0.15) is 5.56 Å². The van der Waals surface area contributed by atoms with Gasteiger partial charge in [-0.1, -0.05) is 48.0 Å². The maximum Gasteiger partial charge on any atom is 0.264 e. The van der Waals surface area contributed by atoms with E-state index in [2.05, 4.69) is 0 Å². The first-order valence-electron chi connectivity index (χ1n) is 7.13. The SMILES string of the molecule is Cc1ccc(Cl)cc1N(C)S(=O)(=O)c1ccc2ccccc2c1. The van der Waals surface area contributed by atoms with Crippen molar-refractivity contribution >= 4 is 38.1 Å². The molecule has 0 atom stereocenters. The van der Waals surface area contributed by atoms with Gasteiger partial charge in [-0.15, -0.1) is 0 Å². The molecular formula is C18H16ClNO2S. The summed E-state index contributed by atoms with van der Waals surface area (Å²) in [5.41, 5.74) is 1.42. The molecule has 0 aromatic heterocycles. The Kier molecular flexibility index (Phi) is 4.04. The van der Waals surface area contributed by atoms with E-state index in [1.807, 2.05) is 43.3 Å². The molecule has 0 heterocycles. The van der Waals surface area contributed by atoms with Crippen LogP contribution in [-0.2, 0) is 10.0 Å². The first-order chi connectivity index (χ1) is 10.9. The molecule has 0 saturated carbocycles. The second-order valence-corrected chi connectivity index (χ2v) is 7.82. The Morgan fingerprint density at radius 3 is 2.35 bits per heavy atom. The number of hydrogen-bond donors (Lipinski definition) is 0. The molecule has 0 fully saturated rings. The van der Waals surface area contributed by atoms with Gasteiger partial charge in [0.15, 0.2) is 0 Å². The fraction of sp³-hybridized carbons (Fsp3) is 0.111. The molecule has 118 valence electrons. The van der Waals surface area contributed by atoms with Crippen molar-refractivity contribution < 1.29 is 8.42 Å². The lowest BCUT2D eigenvalue weighted by atomic mass is 10.1. The topological polar surface area (TPSA) is 37.4 Å². The van der Waals surface area contributed by atoms with Crippen molar-refractivity contribution in [2.45, 2.75) is 11.8 Å². The van der Waals surface area contributed by atoms with Gasteiger partial charge in [0.05, 0.1) is 10.6 Å². The van der Waals surface area contributed by atoms with Crippen LogP contribution in [0.5, 0.6) is 0 Å². The van der Waals surface area contributed by atoms with Crippen LogP contribution < -0.4 is 4.31 Å². The fourth-order valence-electron chi connectivity index (χ4n) is 2.54. The minimum atomic E-state index is -3.65. The first-order valence-corrected chi connectivity index (χ1v) is 8.95. The molecule has 3 aromatic rings. The minimum Gasteiger partial charge on any atom is -0.269 e. The van der Waals surface area contributed by atoms with E-state index in [-0.39, 0.29) is 4.90 Å². The monoisotopic (exact) mass is 345 g/mol. The van der Waals surface area contributed by atoms with Crippen LogP contribution in [0.2, 0.25) is 5.02 Å². The summed E-state index contributed by atoms with van der Waals surface area (Å²) >= 11 is 6.01. The summed E-state index contributed by atoms with van der Waals surface area (Å²) in [6.07, 6.45) is 0. The van der Waals surface area contributed by atoms with Crippen molar-refractivity contribution in [3.8, 4) is 0 Å². The summed E-state index contributed by atoms with van der Waals surface area (Å²) < 4.78 is 27.1. The zero-order chi connectivity index (χ0) is 16.6. The van der Waals surface area contributed by atoms with Gasteiger partial charge in [0.25, 0.3) is 10.0 Å². The highest BCUT2D eigenvalue weighted by atomic mass is 35.5. The summed E-state index contributed by atoms with van der Waals surface area (Å²) in [5.74, 6) is 0. The van der Waals surface area contributed by atoms with Gasteiger partial charge < -0.3 is 0 Å². The smallest absolute Gasteiger partial charge is 0.264 e. The summed E-state index contributed by atoms with van der Waals surface area (Å²) in [6.45, 7) is 1.86. The number of nitrogens with zero attached hydrogens (tertiary/aromatic N) is 1. The van der Waals surface area contributed by atoms with E-state index in [0.29, 0.717) is 10.7 Å². The van der Waals surface area contributed by atoms with Gasteiger partial charge in [-0.25, -0.2) is 8.42 Å². The van der Waals surface area contributed by atoms with E-state index < -0.39 is 10.0 Å². The molecule has 0 saturated heterocycles. The Labute approximate surface area is 141 Å². The number of benzene rings is 3. The van der Waals surface area contributed by atoms with Crippen molar-refractivity contribution in [2.24, 2.45) is 0 Å². The summed E-state index contributed by atoms with van der Waals surface area (Å²) in [5, 5.41) is 2.41. The quantitative estimate of drug-likeness (QED) is 0.694. The second-order valence-electron chi connectivity index (χ2n) is 5.41. The van der Waals surface area contributed by atoms with Crippen LogP contribution in [0.3, 0.4) is 0 Å². The highest BCUT2D eigenvalue weighted by molar-refractivity contribution is 7.92. The average molecular weight is 346 g/mol. The largest absolute Gasteiger partial charge is 0.269 e.